The molecule has 0 fully saturated rings. The van der Waals surface area contributed by atoms with Crippen LogP contribution in [0.3, 0.4) is 0 Å². The Balaban J connectivity index is 2.00. The molecular formula is C14H12Cl2N2S. The Kier molecular flexibility index (Phi) is 5.14. The second-order valence-electron chi connectivity index (χ2n) is 3.95. The maximum absolute atomic E-state index is 6.07. The molecule has 98 valence electrons. The van der Waals surface area contributed by atoms with E-state index in [9.17, 15) is 0 Å². The number of benzene rings is 1. The van der Waals surface area contributed by atoms with Gasteiger partial charge >= 0.3 is 0 Å². The average molecular weight is 311 g/mol. The van der Waals surface area contributed by atoms with Crippen LogP contribution in [-0.4, -0.2) is 17.4 Å². The number of nitrogens with zero attached hydrogens (tertiary/aromatic N) is 1. The number of hydrogen-bond acceptors (Lipinski definition) is 2. The molecule has 0 saturated carbocycles. The van der Waals surface area contributed by atoms with E-state index in [1.165, 1.54) is 0 Å². The normalized spacial score (nSPS) is 14.5. The number of thiocarbonyl (C=S) groups is 1. The number of amidine groups is 1. The first kappa shape index (κ1) is 14.3. The van der Waals surface area contributed by atoms with Gasteiger partial charge in [-0.25, -0.2) is 0 Å². The molecule has 0 radical (unpaired) electrons. The lowest BCUT2D eigenvalue weighted by atomic mass is 10.2. The third kappa shape index (κ3) is 4.46. The fourth-order valence-corrected chi connectivity index (χ4v) is 2.20. The molecule has 0 atom stereocenters. The predicted octanol–water partition coefficient (Wildman–Crippen LogP) is 4.28. The molecule has 1 aromatic carbocycles. The number of dihydropyridines is 1. The van der Waals surface area contributed by atoms with Crippen LogP contribution in [0.25, 0.3) is 6.08 Å². The molecule has 0 unspecified atom stereocenters. The molecule has 0 spiro atoms. The van der Waals surface area contributed by atoms with E-state index in [-0.39, 0.29) is 0 Å². The maximum atomic E-state index is 6.07. The van der Waals surface area contributed by atoms with E-state index in [4.69, 9.17) is 35.4 Å². The van der Waals surface area contributed by atoms with Crippen molar-refractivity contribution >= 4 is 52.3 Å². The van der Waals surface area contributed by atoms with Crippen LogP contribution in [0, 0.1) is 0 Å². The number of nitrogens with one attached hydrogen (secondary N) is 1. The van der Waals surface area contributed by atoms with Crippen molar-refractivity contribution in [3.8, 4) is 0 Å². The third-order valence-corrected chi connectivity index (χ3v) is 3.28. The Morgan fingerprint density at radius 2 is 2.21 bits per heavy atom. The fraction of sp³-hybridized carbons (Fsp3) is 0.143. The number of aliphatic imine (C=N–C) groups is 1. The van der Waals surface area contributed by atoms with Crippen molar-refractivity contribution in [1.29, 1.82) is 0 Å². The van der Waals surface area contributed by atoms with Crippen LogP contribution in [0.5, 0.6) is 0 Å². The van der Waals surface area contributed by atoms with Crippen LogP contribution in [0.1, 0.15) is 12.0 Å². The van der Waals surface area contributed by atoms with E-state index in [0.717, 1.165) is 24.4 Å². The standard InChI is InChI=1S/C14H12Cl2N2S/c15-11-6-4-10(12(16)9-11)5-7-14(19)18-13-3-1-2-8-17-13/h1,3-7,9H,2,8H2,(H,17,18,19)/b7-5+. The number of rotatable bonds is 2. The summed E-state index contributed by atoms with van der Waals surface area (Å²) in [4.78, 5) is 4.90. The average Bonchev–Trinajstić information content (AvgIpc) is 2.39. The first-order valence-corrected chi connectivity index (χ1v) is 6.97. The second kappa shape index (κ2) is 6.85. The summed E-state index contributed by atoms with van der Waals surface area (Å²) in [7, 11) is 0. The second-order valence-corrected chi connectivity index (χ2v) is 5.23. The van der Waals surface area contributed by atoms with Crippen LogP contribution < -0.4 is 5.32 Å². The third-order valence-electron chi connectivity index (χ3n) is 2.48. The summed E-state index contributed by atoms with van der Waals surface area (Å²) in [6.45, 7) is 0.800. The minimum Gasteiger partial charge on any atom is -0.332 e. The predicted molar refractivity (Wildman–Crippen MR) is 87.3 cm³/mol. The molecule has 1 N–H and O–H groups in total. The minimum absolute atomic E-state index is 0.594. The van der Waals surface area contributed by atoms with E-state index in [0.29, 0.717) is 15.0 Å². The van der Waals surface area contributed by atoms with Gasteiger partial charge in [-0.05, 0) is 36.3 Å². The molecule has 0 aliphatic carbocycles. The number of halogens is 2. The Labute approximate surface area is 127 Å². The van der Waals surface area contributed by atoms with Crippen LogP contribution in [0.15, 0.2) is 41.4 Å². The minimum atomic E-state index is 0.594. The van der Waals surface area contributed by atoms with Gasteiger partial charge in [0.15, 0.2) is 0 Å². The van der Waals surface area contributed by atoms with E-state index < -0.39 is 0 Å². The highest BCUT2D eigenvalue weighted by molar-refractivity contribution is 7.80. The molecule has 1 aromatic rings. The summed E-state index contributed by atoms with van der Waals surface area (Å²) in [5.41, 5.74) is 0.872. The summed E-state index contributed by atoms with van der Waals surface area (Å²) in [6, 6.07) is 5.34. The summed E-state index contributed by atoms with van der Waals surface area (Å²) < 4.78 is 0. The van der Waals surface area contributed by atoms with E-state index >= 15 is 0 Å². The molecule has 2 nitrogen and oxygen atoms in total. The highest BCUT2D eigenvalue weighted by Gasteiger charge is 2.01. The van der Waals surface area contributed by atoms with Gasteiger partial charge in [0.1, 0.15) is 10.8 Å². The van der Waals surface area contributed by atoms with Crippen LogP contribution in [0.2, 0.25) is 10.0 Å². The van der Waals surface area contributed by atoms with Gasteiger partial charge < -0.3 is 5.32 Å². The first-order valence-electron chi connectivity index (χ1n) is 5.80. The Morgan fingerprint density at radius 1 is 1.37 bits per heavy atom. The van der Waals surface area contributed by atoms with Crippen molar-refractivity contribution in [3.05, 3.63) is 52.0 Å². The molecule has 2 rings (SSSR count). The molecule has 1 aliphatic heterocycles. The van der Waals surface area contributed by atoms with Gasteiger partial charge in [-0.3, -0.25) is 4.99 Å². The van der Waals surface area contributed by atoms with Crippen molar-refractivity contribution in [1.82, 2.24) is 5.32 Å². The molecule has 0 saturated heterocycles. The smallest absolute Gasteiger partial charge is 0.125 e. The van der Waals surface area contributed by atoms with Crippen LogP contribution >= 0.6 is 35.4 Å². The Morgan fingerprint density at radius 3 is 2.89 bits per heavy atom. The lowest BCUT2D eigenvalue weighted by molar-refractivity contribution is 0.982. The van der Waals surface area contributed by atoms with Gasteiger partial charge in [-0.2, -0.15) is 0 Å². The highest BCUT2D eigenvalue weighted by atomic mass is 35.5. The lowest BCUT2D eigenvalue weighted by Crippen LogP contribution is -2.27. The quantitative estimate of drug-likeness (QED) is 0.651. The maximum Gasteiger partial charge on any atom is 0.125 e. The topological polar surface area (TPSA) is 24.4 Å². The molecule has 1 heterocycles. The van der Waals surface area contributed by atoms with Gasteiger partial charge in [-0.1, -0.05) is 53.6 Å². The van der Waals surface area contributed by atoms with Crippen molar-refractivity contribution < 1.29 is 0 Å². The van der Waals surface area contributed by atoms with Crippen molar-refractivity contribution in [2.24, 2.45) is 4.99 Å². The van der Waals surface area contributed by atoms with Crippen LogP contribution in [-0.2, 0) is 0 Å². The van der Waals surface area contributed by atoms with Gasteiger partial charge in [0.05, 0.1) is 0 Å². The zero-order valence-electron chi connectivity index (χ0n) is 10.1. The molecule has 0 aromatic heterocycles. The molecule has 0 bridgehead atoms. The summed E-state index contributed by atoms with van der Waals surface area (Å²) >= 11 is 17.1. The molecule has 5 heteroatoms. The zero-order valence-corrected chi connectivity index (χ0v) is 12.4. The monoisotopic (exact) mass is 310 g/mol. The molecular weight excluding hydrogens is 299 g/mol. The van der Waals surface area contributed by atoms with Crippen molar-refractivity contribution in [2.75, 3.05) is 6.54 Å². The van der Waals surface area contributed by atoms with Gasteiger partial charge in [0.2, 0.25) is 0 Å². The van der Waals surface area contributed by atoms with Gasteiger partial charge in [0, 0.05) is 16.6 Å². The molecule has 19 heavy (non-hydrogen) atoms. The Bertz CT molecular complexity index is 577. The SMILES string of the molecule is S=C(/C=C/c1ccc(Cl)cc1Cl)NC1=NCCC=C1. The molecule has 1 aliphatic rings. The van der Waals surface area contributed by atoms with Gasteiger partial charge in [-0.15, -0.1) is 0 Å². The van der Waals surface area contributed by atoms with E-state index in [2.05, 4.69) is 16.4 Å². The highest BCUT2D eigenvalue weighted by Crippen LogP contribution is 2.21. The summed E-state index contributed by atoms with van der Waals surface area (Å²) in [5, 5.41) is 4.27. The van der Waals surface area contributed by atoms with Crippen molar-refractivity contribution in [2.45, 2.75) is 6.42 Å². The van der Waals surface area contributed by atoms with E-state index in [1.54, 1.807) is 18.2 Å². The number of hydrogen-bond donors (Lipinski definition) is 1. The van der Waals surface area contributed by atoms with Crippen LogP contribution in [0.4, 0.5) is 0 Å². The summed E-state index contributed by atoms with van der Waals surface area (Å²) in [6.07, 6.45) is 8.61. The first-order chi connectivity index (χ1) is 9.15. The summed E-state index contributed by atoms with van der Waals surface area (Å²) in [5.74, 6) is 0.795. The largest absolute Gasteiger partial charge is 0.332 e. The Hall–Kier alpha value is -1.16. The van der Waals surface area contributed by atoms with Gasteiger partial charge in [0.25, 0.3) is 0 Å². The zero-order chi connectivity index (χ0) is 13.7. The van der Waals surface area contributed by atoms with E-state index in [1.807, 2.05) is 18.2 Å². The fourth-order valence-electron chi connectivity index (χ4n) is 1.56. The lowest BCUT2D eigenvalue weighted by Gasteiger charge is -2.07. The molecule has 0 amide bonds. The van der Waals surface area contributed by atoms with Crippen molar-refractivity contribution in [3.63, 3.8) is 0 Å².